The summed E-state index contributed by atoms with van der Waals surface area (Å²) < 4.78 is 0. The molecule has 0 saturated carbocycles. The van der Waals surface area contributed by atoms with Gasteiger partial charge in [0.1, 0.15) is 11.6 Å². The van der Waals surface area contributed by atoms with Gasteiger partial charge in [0.2, 0.25) is 0 Å². The van der Waals surface area contributed by atoms with E-state index < -0.39 is 0 Å². The second-order valence-electron chi connectivity index (χ2n) is 5.44. The molecular formula is C14H24N4. The van der Waals surface area contributed by atoms with Gasteiger partial charge in [-0.2, -0.15) is 0 Å². The van der Waals surface area contributed by atoms with Crippen LogP contribution in [0, 0.1) is 5.41 Å². The fourth-order valence-electron chi connectivity index (χ4n) is 2.40. The summed E-state index contributed by atoms with van der Waals surface area (Å²) in [6.45, 7) is 9.82. The molecule has 1 aliphatic rings. The molecule has 2 rings (SSSR count). The number of rotatable bonds is 4. The molecule has 18 heavy (non-hydrogen) atoms. The van der Waals surface area contributed by atoms with E-state index in [1.165, 1.54) is 19.3 Å². The Morgan fingerprint density at radius 1 is 1.28 bits per heavy atom. The van der Waals surface area contributed by atoms with E-state index in [1.54, 1.807) is 6.20 Å². The van der Waals surface area contributed by atoms with Gasteiger partial charge in [-0.25, -0.2) is 4.98 Å². The van der Waals surface area contributed by atoms with Crippen LogP contribution in [0.2, 0.25) is 0 Å². The van der Waals surface area contributed by atoms with Gasteiger partial charge in [0.15, 0.2) is 0 Å². The molecule has 100 valence electrons. The highest BCUT2D eigenvalue weighted by atomic mass is 15.2. The van der Waals surface area contributed by atoms with Gasteiger partial charge in [-0.05, 0) is 25.2 Å². The van der Waals surface area contributed by atoms with Crippen molar-refractivity contribution in [3.8, 4) is 0 Å². The van der Waals surface area contributed by atoms with Crippen molar-refractivity contribution in [1.29, 1.82) is 0 Å². The maximum atomic E-state index is 4.61. The number of anilines is 2. The highest BCUT2D eigenvalue weighted by Crippen LogP contribution is 2.35. The molecule has 0 aliphatic carbocycles. The summed E-state index contributed by atoms with van der Waals surface area (Å²) in [5, 5.41) is 3.21. The lowest BCUT2D eigenvalue weighted by Gasteiger charge is -2.39. The van der Waals surface area contributed by atoms with Crippen molar-refractivity contribution >= 4 is 11.6 Å². The molecular weight excluding hydrogens is 224 g/mol. The van der Waals surface area contributed by atoms with Crippen LogP contribution >= 0.6 is 0 Å². The molecule has 4 nitrogen and oxygen atoms in total. The van der Waals surface area contributed by atoms with Crippen LogP contribution in [0.3, 0.4) is 0 Å². The first-order valence-electron chi connectivity index (χ1n) is 6.98. The van der Waals surface area contributed by atoms with E-state index in [4.69, 9.17) is 0 Å². The molecule has 1 N–H and O–H groups in total. The first-order valence-corrected chi connectivity index (χ1v) is 6.98. The summed E-state index contributed by atoms with van der Waals surface area (Å²) in [5.74, 6) is 1.88. The third-order valence-corrected chi connectivity index (χ3v) is 4.13. The lowest BCUT2D eigenvalue weighted by atomic mass is 9.78. The average Bonchev–Trinajstić information content (AvgIpc) is 2.40. The molecule has 1 aromatic rings. The summed E-state index contributed by atoms with van der Waals surface area (Å²) in [7, 11) is 0. The zero-order valence-electron chi connectivity index (χ0n) is 11.7. The van der Waals surface area contributed by atoms with Crippen molar-refractivity contribution in [2.45, 2.75) is 40.0 Å². The maximum absolute atomic E-state index is 4.61. The van der Waals surface area contributed by atoms with Gasteiger partial charge in [-0.3, -0.25) is 4.98 Å². The molecule has 1 fully saturated rings. The zero-order chi connectivity index (χ0) is 13.0. The second kappa shape index (κ2) is 5.55. The highest BCUT2D eigenvalue weighted by Gasteiger charge is 2.28. The topological polar surface area (TPSA) is 41.1 Å². The number of nitrogens with zero attached hydrogens (tertiary/aromatic N) is 3. The van der Waals surface area contributed by atoms with Crippen LogP contribution in [0.15, 0.2) is 12.4 Å². The molecule has 0 radical (unpaired) electrons. The number of hydrogen-bond donors (Lipinski definition) is 1. The van der Waals surface area contributed by atoms with Gasteiger partial charge in [0, 0.05) is 19.6 Å². The quantitative estimate of drug-likeness (QED) is 0.889. The fourth-order valence-corrected chi connectivity index (χ4v) is 2.40. The Bertz CT molecular complexity index is 383. The van der Waals surface area contributed by atoms with Crippen molar-refractivity contribution < 1.29 is 0 Å². The van der Waals surface area contributed by atoms with E-state index in [2.05, 4.69) is 41.0 Å². The summed E-state index contributed by atoms with van der Waals surface area (Å²) >= 11 is 0. The molecule has 2 heterocycles. The molecule has 0 atom stereocenters. The van der Waals surface area contributed by atoms with E-state index in [1.807, 2.05) is 6.20 Å². The highest BCUT2D eigenvalue weighted by molar-refractivity contribution is 5.44. The van der Waals surface area contributed by atoms with E-state index >= 15 is 0 Å². The van der Waals surface area contributed by atoms with Crippen molar-refractivity contribution in [3.63, 3.8) is 0 Å². The molecule has 1 aromatic heterocycles. The number of nitrogens with one attached hydrogen (secondary N) is 1. The van der Waals surface area contributed by atoms with Crippen LogP contribution in [0.25, 0.3) is 0 Å². The third-order valence-electron chi connectivity index (χ3n) is 4.13. The largest absolute Gasteiger partial charge is 0.369 e. The molecule has 0 amide bonds. The van der Waals surface area contributed by atoms with Crippen molar-refractivity contribution in [3.05, 3.63) is 12.4 Å². The summed E-state index contributed by atoms with van der Waals surface area (Å²) in [6, 6.07) is 0. The van der Waals surface area contributed by atoms with Gasteiger partial charge in [0.05, 0.1) is 12.4 Å². The Labute approximate surface area is 110 Å². The van der Waals surface area contributed by atoms with E-state index in [0.29, 0.717) is 5.41 Å². The van der Waals surface area contributed by atoms with Crippen molar-refractivity contribution in [2.75, 3.05) is 29.9 Å². The van der Waals surface area contributed by atoms with Crippen LogP contribution in [0.4, 0.5) is 11.6 Å². The lowest BCUT2D eigenvalue weighted by molar-refractivity contribution is 0.238. The zero-order valence-corrected chi connectivity index (χ0v) is 11.7. The monoisotopic (exact) mass is 248 g/mol. The van der Waals surface area contributed by atoms with E-state index in [-0.39, 0.29) is 0 Å². The predicted octanol–water partition coefficient (Wildman–Crippen LogP) is 2.92. The van der Waals surface area contributed by atoms with Crippen LogP contribution < -0.4 is 10.2 Å². The third kappa shape index (κ3) is 2.92. The lowest BCUT2D eigenvalue weighted by Crippen LogP contribution is -2.38. The molecule has 0 spiro atoms. The Kier molecular flexibility index (Phi) is 4.04. The molecule has 0 unspecified atom stereocenters. The van der Waals surface area contributed by atoms with Gasteiger partial charge in [0.25, 0.3) is 0 Å². The molecule has 1 aliphatic heterocycles. The standard InChI is InChI=1S/C14H24N4/c1-4-14(3)6-8-18(9-7-14)13-11-15-10-12(17-13)16-5-2/h10-11H,4-9H2,1-3H3,(H,16,17). The van der Waals surface area contributed by atoms with Gasteiger partial charge in [-0.1, -0.05) is 20.3 Å². The molecule has 4 heteroatoms. The van der Waals surface area contributed by atoms with Gasteiger partial charge < -0.3 is 10.2 Å². The van der Waals surface area contributed by atoms with Crippen LogP contribution in [-0.2, 0) is 0 Å². The SMILES string of the molecule is CCNc1cncc(N2CCC(C)(CC)CC2)n1. The first-order chi connectivity index (χ1) is 8.67. The maximum Gasteiger partial charge on any atom is 0.149 e. The molecule has 0 bridgehead atoms. The summed E-state index contributed by atoms with van der Waals surface area (Å²) in [6.07, 6.45) is 7.42. The Morgan fingerprint density at radius 3 is 2.61 bits per heavy atom. The minimum Gasteiger partial charge on any atom is -0.369 e. The van der Waals surface area contributed by atoms with Crippen LogP contribution in [0.1, 0.15) is 40.0 Å². The predicted molar refractivity (Wildman–Crippen MR) is 76.0 cm³/mol. The molecule has 0 aromatic carbocycles. The van der Waals surface area contributed by atoms with E-state index in [0.717, 1.165) is 31.3 Å². The minimum atomic E-state index is 0.517. The molecule has 1 saturated heterocycles. The smallest absolute Gasteiger partial charge is 0.149 e. The Balaban J connectivity index is 2.03. The summed E-state index contributed by atoms with van der Waals surface area (Å²) in [5.41, 5.74) is 0.517. The van der Waals surface area contributed by atoms with E-state index in [9.17, 15) is 0 Å². The van der Waals surface area contributed by atoms with Crippen LogP contribution in [0.5, 0.6) is 0 Å². The minimum absolute atomic E-state index is 0.517. The number of aromatic nitrogens is 2. The normalized spacial score (nSPS) is 18.7. The number of piperidine rings is 1. The van der Waals surface area contributed by atoms with Gasteiger partial charge in [-0.15, -0.1) is 0 Å². The Morgan fingerprint density at radius 2 is 2.00 bits per heavy atom. The summed E-state index contributed by atoms with van der Waals surface area (Å²) in [4.78, 5) is 11.2. The Hall–Kier alpha value is -1.32. The fraction of sp³-hybridized carbons (Fsp3) is 0.714. The second-order valence-corrected chi connectivity index (χ2v) is 5.44. The van der Waals surface area contributed by atoms with Crippen molar-refractivity contribution in [1.82, 2.24) is 9.97 Å². The average molecular weight is 248 g/mol. The van der Waals surface area contributed by atoms with Gasteiger partial charge >= 0.3 is 0 Å². The number of hydrogen-bond acceptors (Lipinski definition) is 4. The van der Waals surface area contributed by atoms with Crippen LogP contribution in [-0.4, -0.2) is 29.6 Å². The first kappa shape index (κ1) is 13.1. The van der Waals surface area contributed by atoms with Crippen molar-refractivity contribution in [2.24, 2.45) is 5.41 Å².